The molecule has 0 bridgehead atoms. The fourth-order valence-corrected chi connectivity index (χ4v) is 3.07. The van der Waals surface area contributed by atoms with E-state index in [4.69, 9.17) is 0 Å². The molecule has 2 aliphatic rings. The maximum Gasteiger partial charge on any atom is 1.00 e. The summed E-state index contributed by atoms with van der Waals surface area (Å²) in [6.45, 7) is 2.10. The van der Waals surface area contributed by atoms with Crippen LogP contribution in [0, 0.1) is 0 Å². The van der Waals surface area contributed by atoms with E-state index in [0.717, 1.165) is 19.5 Å². The molecular formula is C17H15LiN+. The summed E-state index contributed by atoms with van der Waals surface area (Å²) in [7, 11) is 0. The number of benzene rings is 2. The minimum atomic E-state index is 0. The van der Waals surface area contributed by atoms with Gasteiger partial charge in [0.25, 0.3) is 0 Å². The third-order valence-corrected chi connectivity index (χ3v) is 3.99. The molecule has 0 radical (unpaired) electrons. The van der Waals surface area contributed by atoms with Crippen molar-refractivity contribution in [2.75, 3.05) is 0 Å². The Kier molecular flexibility index (Phi) is 3.27. The van der Waals surface area contributed by atoms with Crippen LogP contribution in [0.1, 0.15) is 22.3 Å². The van der Waals surface area contributed by atoms with Crippen LogP contribution in [0.15, 0.2) is 54.6 Å². The molecule has 1 heterocycles. The van der Waals surface area contributed by atoms with Gasteiger partial charge in [-0.15, -0.1) is 0 Å². The number of hydrogen-bond donors (Lipinski definition) is 0. The molecule has 0 amide bonds. The van der Waals surface area contributed by atoms with Gasteiger partial charge in [0.1, 0.15) is 0 Å². The van der Waals surface area contributed by atoms with Crippen molar-refractivity contribution >= 4 is 5.70 Å². The summed E-state index contributed by atoms with van der Waals surface area (Å²) in [5, 5.41) is 0. The average molecular weight is 240 g/mol. The van der Waals surface area contributed by atoms with E-state index in [9.17, 15) is 0 Å². The molecule has 2 aromatic rings. The van der Waals surface area contributed by atoms with E-state index in [0.29, 0.717) is 0 Å². The first-order chi connectivity index (χ1) is 8.92. The van der Waals surface area contributed by atoms with Crippen LogP contribution in [-0.4, -0.2) is 4.90 Å². The van der Waals surface area contributed by atoms with Gasteiger partial charge in [-0.05, 0) is 23.1 Å². The van der Waals surface area contributed by atoms with Crippen molar-refractivity contribution in [2.24, 2.45) is 0 Å². The van der Waals surface area contributed by atoms with Gasteiger partial charge in [0, 0.05) is 24.4 Å². The van der Waals surface area contributed by atoms with Crippen LogP contribution in [0.25, 0.3) is 5.70 Å². The Balaban J connectivity index is 0.00000110. The summed E-state index contributed by atoms with van der Waals surface area (Å²) >= 11 is 0. The molecule has 88 valence electrons. The van der Waals surface area contributed by atoms with Crippen molar-refractivity contribution in [3.63, 3.8) is 0 Å². The third kappa shape index (κ3) is 2.04. The van der Waals surface area contributed by atoms with Gasteiger partial charge in [0.05, 0.1) is 0 Å². The fourth-order valence-electron chi connectivity index (χ4n) is 3.07. The summed E-state index contributed by atoms with van der Waals surface area (Å²) in [4.78, 5) is 2.50. The second-order valence-corrected chi connectivity index (χ2v) is 5.08. The number of nitrogens with zero attached hydrogens (tertiary/aromatic N) is 1. The molecule has 0 spiro atoms. The monoisotopic (exact) mass is 240 g/mol. The van der Waals surface area contributed by atoms with E-state index >= 15 is 0 Å². The van der Waals surface area contributed by atoms with Crippen LogP contribution in [-0.2, 0) is 19.5 Å². The summed E-state index contributed by atoms with van der Waals surface area (Å²) in [5.41, 5.74) is 7.25. The van der Waals surface area contributed by atoms with Crippen molar-refractivity contribution in [3.05, 3.63) is 76.9 Å². The van der Waals surface area contributed by atoms with E-state index < -0.39 is 0 Å². The third-order valence-electron chi connectivity index (χ3n) is 3.99. The predicted molar refractivity (Wildman–Crippen MR) is 73.8 cm³/mol. The minimum Gasteiger partial charge on any atom is -0.363 e. The molecule has 0 saturated carbocycles. The van der Waals surface area contributed by atoms with Gasteiger partial charge in [-0.2, -0.15) is 0 Å². The van der Waals surface area contributed by atoms with Gasteiger partial charge < -0.3 is 4.90 Å². The molecule has 0 unspecified atom stereocenters. The maximum atomic E-state index is 2.50. The van der Waals surface area contributed by atoms with Crippen LogP contribution in [0.2, 0.25) is 0 Å². The molecule has 0 saturated heterocycles. The molecule has 0 aromatic heterocycles. The van der Waals surface area contributed by atoms with Crippen molar-refractivity contribution in [2.45, 2.75) is 19.5 Å². The van der Waals surface area contributed by atoms with E-state index in [1.54, 1.807) is 0 Å². The Morgan fingerprint density at radius 2 is 1.32 bits per heavy atom. The largest absolute Gasteiger partial charge is 1.00 e. The molecule has 0 N–H and O–H groups in total. The zero-order valence-corrected chi connectivity index (χ0v) is 11.3. The summed E-state index contributed by atoms with van der Waals surface area (Å²) in [6.07, 6.45) is 3.45. The number of rotatable bonds is 1. The molecule has 1 nitrogen and oxygen atoms in total. The second kappa shape index (κ2) is 4.93. The first-order valence-electron chi connectivity index (χ1n) is 6.52. The summed E-state index contributed by atoms with van der Waals surface area (Å²) in [6, 6.07) is 17.5. The van der Waals surface area contributed by atoms with Gasteiger partial charge in [-0.25, -0.2) is 0 Å². The molecule has 19 heavy (non-hydrogen) atoms. The molecule has 2 heteroatoms. The SMILES string of the molecule is C1=C(N2Cc3ccccc3C2)c2ccccc2C1.[Li+]. The van der Waals surface area contributed by atoms with Crippen molar-refractivity contribution < 1.29 is 18.9 Å². The Bertz CT molecular complexity index is 620. The zero-order valence-electron chi connectivity index (χ0n) is 11.3. The molecule has 0 atom stereocenters. The summed E-state index contributed by atoms with van der Waals surface area (Å²) in [5.74, 6) is 0. The smallest absolute Gasteiger partial charge is 0.363 e. The van der Waals surface area contributed by atoms with Gasteiger partial charge in [-0.1, -0.05) is 54.6 Å². The fraction of sp³-hybridized carbons (Fsp3) is 0.176. The second-order valence-electron chi connectivity index (χ2n) is 5.08. The molecular weight excluding hydrogens is 225 g/mol. The first-order valence-corrected chi connectivity index (χ1v) is 6.52. The molecule has 1 aliphatic heterocycles. The molecule has 0 fully saturated rings. The van der Waals surface area contributed by atoms with E-state index in [1.807, 2.05) is 0 Å². The van der Waals surface area contributed by atoms with E-state index in [2.05, 4.69) is 59.5 Å². The molecule has 2 aromatic carbocycles. The predicted octanol–water partition coefficient (Wildman–Crippen LogP) is 0.603. The zero-order chi connectivity index (χ0) is 11.9. The van der Waals surface area contributed by atoms with Crippen LogP contribution in [0.5, 0.6) is 0 Å². The van der Waals surface area contributed by atoms with Crippen LogP contribution in [0.4, 0.5) is 0 Å². The first kappa shape index (κ1) is 12.6. The van der Waals surface area contributed by atoms with Crippen LogP contribution < -0.4 is 18.9 Å². The molecule has 4 rings (SSSR count). The van der Waals surface area contributed by atoms with Crippen molar-refractivity contribution in [3.8, 4) is 0 Å². The van der Waals surface area contributed by atoms with Gasteiger partial charge in [-0.3, -0.25) is 0 Å². The van der Waals surface area contributed by atoms with Crippen LogP contribution >= 0.6 is 0 Å². The number of hydrogen-bond acceptors (Lipinski definition) is 1. The Labute approximate surface area is 126 Å². The van der Waals surface area contributed by atoms with Gasteiger partial charge in [0.2, 0.25) is 0 Å². The quantitative estimate of drug-likeness (QED) is 0.660. The van der Waals surface area contributed by atoms with Crippen molar-refractivity contribution in [1.29, 1.82) is 0 Å². The van der Waals surface area contributed by atoms with Crippen molar-refractivity contribution in [1.82, 2.24) is 4.90 Å². The van der Waals surface area contributed by atoms with E-state index in [1.165, 1.54) is 28.0 Å². The Morgan fingerprint density at radius 3 is 2.00 bits per heavy atom. The normalized spacial score (nSPS) is 15.6. The number of fused-ring (bicyclic) bond motifs is 2. The average Bonchev–Trinajstić information content (AvgIpc) is 3.02. The number of allylic oxidation sites excluding steroid dienone is 1. The van der Waals surface area contributed by atoms with Crippen LogP contribution in [0.3, 0.4) is 0 Å². The summed E-state index contributed by atoms with van der Waals surface area (Å²) < 4.78 is 0. The van der Waals surface area contributed by atoms with Gasteiger partial charge in [0.15, 0.2) is 0 Å². The van der Waals surface area contributed by atoms with E-state index in [-0.39, 0.29) is 18.9 Å². The minimum absolute atomic E-state index is 0. The Morgan fingerprint density at radius 1 is 0.737 bits per heavy atom. The van der Waals surface area contributed by atoms with Gasteiger partial charge >= 0.3 is 18.9 Å². The Hall–Kier alpha value is -1.42. The standard InChI is InChI=1S/C17H15N.Li/c1-2-7-15-12-18(11-14(15)6-1)17-10-9-13-5-3-4-8-16(13)17;/h1-8,10H,9,11-12H2;/q;+1. The molecule has 1 aliphatic carbocycles. The topological polar surface area (TPSA) is 3.24 Å². The maximum absolute atomic E-state index is 2.50.